The van der Waals surface area contributed by atoms with Crippen LogP contribution in [-0.4, -0.2) is 34.3 Å². The highest BCUT2D eigenvalue weighted by atomic mass is 32.2. The molecule has 0 saturated heterocycles. The number of nitrogens with zero attached hydrogens (tertiary/aromatic N) is 2. The van der Waals surface area contributed by atoms with Crippen molar-refractivity contribution in [1.29, 1.82) is 0 Å². The Labute approximate surface area is 197 Å². The highest BCUT2D eigenvalue weighted by Crippen LogP contribution is 2.22. The van der Waals surface area contributed by atoms with E-state index < -0.39 is 5.97 Å². The molecule has 0 aliphatic carbocycles. The van der Waals surface area contributed by atoms with Crippen LogP contribution in [-0.2, 0) is 20.9 Å². The van der Waals surface area contributed by atoms with E-state index in [2.05, 4.69) is 24.1 Å². The third-order valence-corrected chi connectivity index (χ3v) is 6.15. The molecule has 0 fully saturated rings. The summed E-state index contributed by atoms with van der Waals surface area (Å²) in [4.78, 5) is 42.1. The van der Waals surface area contributed by atoms with Crippen LogP contribution in [0.5, 0.6) is 0 Å². The second-order valence-corrected chi connectivity index (χ2v) is 9.09. The number of aromatic nitrogens is 2. The Bertz CT molecular complexity index is 1160. The van der Waals surface area contributed by atoms with E-state index in [4.69, 9.17) is 4.74 Å². The van der Waals surface area contributed by atoms with Crippen LogP contribution in [0, 0.1) is 5.92 Å². The molecule has 0 bridgehead atoms. The van der Waals surface area contributed by atoms with Gasteiger partial charge in [-0.2, -0.15) is 0 Å². The standard InChI is InChI=1S/C25H29N3O4S/c1-17(2)15-21(18-9-5-4-6-10-18)26-22(29)16-33-25-27-20-12-8-7-11-19(20)24(31)28(25)14-13-23(30)32-3/h4-12,17,21H,13-16H2,1-3H3,(H,26,29). The number of methoxy groups -OCH3 is 1. The number of para-hydroxylation sites is 1. The molecule has 0 radical (unpaired) electrons. The number of hydrogen-bond acceptors (Lipinski definition) is 6. The highest BCUT2D eigenvalue weighted by molar-refractivity contribution is 7.99. The van der Waals surface area contributed by atoms with Crippen molar-refractivity contribution < 1.29 is 14.3 Å². The fourth-order valence-electron chi connectivity index (χ4n) is 3.56. The van der Waals surface area contributed by atoms with Gasteiger partial charge in [0.1, 0.15) is 0 Å². The molecule has 33 heavy (non-hydrogen) atoms. The molecular weight excluding hydrogens is 438 g/mol. The SMILES string of the molecule is COC(=O)CCn1c(SCC(=O)NC(CC(C)C)c2ccccc2)nc2ccccc2c1=O. The zero-order valence-electron chi connectivity index (χ0n) is 19.1. The Kier molecular flexibility index (Phi) is 8.65. The zero-order chi connectivity index (χ0) is 23.8. The van der Waals surface area contributed by atoms with E-state index in [0.29, 0.717) is 22.0 Å². The first kappa shape index (κ1) is 24.5. The lowest BCUT2D eigenvalue weighted by atomic mass is 9.97. The van der Waals surface area contributed by atoms with E-state index in [1.165, 1.54) is 23.4 Å². The van der Waals surface area contributed by atoms with Gasteiger partial charge in [0.05, 0.1) is 36.2 Å². The predicted molar refractivity (Wildman–Crippen MR) is 130 cm³/mol. The smallest absolute Gasteiger partial charge is 0.307 e. The van der Waals surface area contributed by atoms with Crippen molar-refractivity contribution in [3.05, 3.63) is 70.5 Å². The number of ether oxygens (including phenoxy) is 1. The number of thioether (sulfide) groups is 1. The average molecular weight is 468 g/mol. The van der Waals surface area contributed by atoms with Gasteiger partial charge in [-0.25, -0.2) is 4.98 Å². The molecule has 0 aliphatic heterocycles. The van der Waals surface area contributed by atoms with Gasteiger partial charge in [0.2, 0.25) is 5.91 Å². The highest BCUT2D eigenvalue weighted by Gasteiger charge is 2.18. The molecule has 1 heterocycles. The van der Waals surface area contributed by atoms with Gasteiger partial charge in [0.25, 0.3) is 5.56 Å². The van der Waals surface area contributed by atoms with Gasteiger partial charge in [0.15, 0.2) is 5.16 Å². The Balaban J connectivity index is 1.79. The van der Waals surface area contributed by atoms with Crippen LogP contribution in [0.1, 0.15) is 38.3 Å². The first-order chi connectivity index (χ1) is 15.9. The van der Waals surface area contributed by atoms with Gasteiger partial charge in [-0.05, 0) is 30.0 Å². The number of nitrogens with one attached hydrogen (secondary N) is 1. The third kappa shape index (κ3) is 6.68. The van der Waals surface area contributed by atoms with Gasteiger partial charge >= 0.3 is 5.97 Å². The first-order valence-electron chi connectivity index (χ1n) is 10.9. The average Bonchev–Trinajstić information content (AvgIpc) is 2.82. The van der Waals surface area contributed by atoms with Crippen molar-refractivity contribution >= 4 is 34.5 Å². The Hall–Kier alpha value is -3.13. The second-order valence-electron chi connectivity index (χ2n) is 8.14. The van der Waals surface area contributed by atoms with Gasteiger partial charge in [0, 0.05) is 6.54 Å². The largest absolute Gasteiger partial charge is 0.469 e. The monoisotopic (exact) mass is 467 g/mol. The minimum absolute atomic E-state index is 0.0423. The zero-order valence-corrected chi connectivity index (χ0v) is 19.9. The summed E-state index contributed by atoms with van der Waals surface area (Å²) in [5.41, 5.74) is 1.37. The van der Waals surface area contributed by atoms with Gasteiger partial charge in [-0.1, -0.05) is 68.1 Å². The van der Waals surface area contributed by atoms with Gasteiger partial charge in [-0.15, -0.1) is 0 Å². The fraction of sp³-hybridized carbons (Fsp3) is 0.360. The topological polar surface area (TPSA) is 90.3 Å². The Morgan fingerprint density at radius 3 is 2.48 bits per heavy atom. The van der Waals surface area contributed by atoms with Crippen LogP contribution in [0.2, 0.25) is 0 Å². The van der Waals surface area contributed by atoms with Crippen LogP contribution in [0.3, 0.4) is 0 Å². The molecular formula is C25H29N3O4S. The molecule has 2 aromatic carbocycles. The first-order valence-corrected chi connectivity index (χ1v) is 11.9. The molecule has 7 nitrogen and oxygen atoms in total. The van der Waals surface area contributed by atoms with Crippen molar-refractivity contribution in [3.63, 3.8) is 0 Å². The molecule has 1 atom stereocenters. The van der Waals surface area contributed by atoms with E-state index in [-0.39, 0.29) is 36.2 Å². The van der Waals surface area contributed by atoms with Crippen molar-refractivity contribution in [2.24, 2.45) is 5.92 Å². The van der Waals surface area contributed by atoms with Crippen molar-refractivity contribution in [3.8, 4) is 0 Å². The van der Waals surface area contributed by atoms with Crippen LogP contribution in [0.4, 0.5) is 0 Å². The molecule has 1 aromatic heterocycles. The van der Waals surface area contributed by atoms with E-state index in [1.54, 1.807) is 18.2 Å². The number of rotatable bonds is 10. The number of benzene rings is 2. The minimum Gasteiger partial charge on any atom is -0.469 e. The maximum Gasteiger partial charge on any atom is 0.307 e. The lowest BCUT2D eigenvalue weighted by molar-refractivity contribution is -0.140. The molecule has 1 unspecified atom stereocenters. The Morgan fingerprint density at radius 2 is 1.79 bits per heavy atom. The number of amides is 1. The van der Waals surface area contributed by atoms with Crippen molar-refractivity contribution in [2.75, 3.05) is 12.9 Å². The molecule has 0 saturated carbocycles. The molecule has 8 heteroatoms. The molecule has 1 N–H and O–H groups in total. The summed E-state index contributed by atoms with van der Waals surface area (Å²) in [5.74, 6) is -0.0434. The van der Waals surface area contributed by atoms with E-state index in [0.717, 1.165) is 12.0 Å². The van der Waals surface area contributed by atoms with Gasteiger partial charge < -0.3 is 10.1 Å². The van der Waals surface area contributed by atoms with E-state index in [1.807, 2.05) is 36.4 Å². The van der Waals surface area contributed by atoms with Crippen LogP contribution in [0.15, 0.2) is 64.5 Å². The minimum atomic E-state index is -0.414. The summed E-state index contributed by atoms with van der Waals surface area (Å²) in [7, 11) is 1.31. The summed E-state index contributed by atoms with van der Waals surface area (Å²) in [5, 5.41) is 3.99. The summed E-state index contributed by atoms with van der Waals surface area (Å²) < 4.78 is 6.15. The number of hydrogen-bond donors (Lipinski definition) is 1. The second kappa shape index (κ2) is 11.7. The fourth-order valence-corrected chi connectivity index (χ4v) is 4.40. The van der Waals surface area contributed by atoms with E-state index in [9.17, 15) is 14.4 Å². The van der Waals surface area contributed by atoms with Crippen LogP contribution < -0.4 is 10.9 Å². The molecule has 1 amide bonds. The van der Waals surface area contributed by atoms with Gasteiger partial charge in [-0.3, -0.25) is 19.0 Å². The van der Waals surface area contributed by atoms with E-state index >= 15 is 0 Å². The molecule has 0 aliphatic rings. The molecule has 0 spiro atoms. The normalized spacial score (nSPS) is 12.0. The van der Waals surface area contributed by atoms with Crippen molar-refractivity contribution in [2.45, 2.75) is 44.4 Å². The lowest BCUT2D eigenvalue weighted by Gasteiger charge is -2.21. The third-order valence-electron chi connectivity index (χ3n) is 5.17. The number of esters is 1. The number of carbonyl (C=O) groups is 2. The Morgan fingerprint density at radius 1 is 1.09 bits per heavy atom. The maximum atomic E-state index is 13.0. The predicted octanol–water partition coefficient (Wildman–Crippen LogP) is 3.96. The summed E-state index contributed by atoms with van der Waals surface area (Å²) >= 11 is 1.19. The molecule has 3 aromatic rings. The number of fused-ring (bicyclic) bond motifs is 1. The molecule has 174 valence electrons. The van der Waals surface area contributed by atoms with Crippen molar-refractivity contribution in [1.82, 2.24) is 14.9 Å². The number of carbonyl (C=O) groups excluding carboxylic acids is 2. The van der Waals surface area contributed by atoms with Crippen LogP contribution >= 0.6 is 11.8 Å². The summed E-state index contributed by atoms with van der Waals surface area (Å²) in [6, 6.07) is 16.9. The quantitative estimate of drug-likeness (QED) is 0.276. The summed E-state index contributed by atoms with van der Waals surface area (Å²) in [6.07, 6.45) is 0.860. The molecule has 3 rings (SSSR count). The van der Waals surface area contributed by atoms with Crippen LogP contribution in [0.25, 0.3) is 10.9 Å². The lowest BCUT2D eigenvalue weighted by Crippen LogP contribution is -2.31. The summed E-state index contributed by atoms with van der Waals surface area (Å²) in [6.45, 7) is 4.37. The maximum absolute atomic E-state index is 13.0.